The van der Waals surface area contributed by atoms with E-state index < -0.39 is 0 Å². The summed E-state index contributed by atoms with van der Waals surface area (Å²) in [6.45, 7) is 1.92. The van der Waals surface area contributed by atoms with Crippen LogP contribution in [0.1, 0.15) is 18.5 Å². The maximum absolute atomic E-state index is 6.20. The van der Waals surface area contributed by atoms with Crippen LogP contribution in [-0.2, 0) is 0 Å². The third kappa shape index (κ3) is 3.66. The van der Waals surface area contributed by atoms with Crippen LogP contribution >= 0.6 is 23.4 Å². The van der Waals surface area contributed by atoms with Gasteiger partial charge >= 0.3 is 0 Å². The topological polar surface area (TPSA) is 35.2 Å². The highest BCUT2D eigenvalue weighted by atomic mass is 35.5. The van der Waals surface area contributed by atoms with Crippen molar-refractivity contribution in [1.82, 2.24) is 0 Å². The third-order valence-corrected chi connectivity index (χ3v) is 3.81. The molecule has 0 unspecified atom stereocenters. The van der Waals surface area contributed by atoms with E-state index in [1.165, 1.54) is 4.90 Å². The summed E-state index contributed by atoms with van der Waals surface area (Å²) < 4.78 is 5.76. The number of hydrogen-bond donors (Lipinski definition) is 1. The summed E-state index contributed by atoms with van der Waals surface area (Å²) >= 11 is 7.89. The van der Waals surface area contributed by atoms with E-state index in [4.69, 9.17) is 22.1 Å². The minimum absolute atomic E-state index is 0.0348. The molecule has 0 aromatic heterocycles. The van der Waals surface area contributed by atoms with E-state index in [1.54, 1.807) is 11.8 Å². The van der Waals surface area contributed by atoms with Gasteiger partial charge in [-0.05, 0) is 55.1 Å². The van der Waals surface area contributed by atoms with E-state index >= 15 is 0 Å². The molecule has 0 amide bonds. The first-order valence-electron chi connectivity index (χ1n) is 5.97. The molecule has 100 valence electrons. The van der Waals surface area contributed by atoms with Gasteiger partial charge in [0.05, 0.1) is 5.02 Å². The fraction of sp³-hybridized carbons (Fsp3) is 0.200. The van der Waals surface area contributed by atoms with Gasteiger partial charge in [-0.15, -0.1) is 11.8 Å². The van der Waals surface area contributed by atoms with Gasteiger partial charge < -0.3 is 10.5 Å². The summed E-state index contributed by atoms with van der Waals surface area (Å²) in [6.07, 6.45) is 2.04. The first kappa shape index (κ1) is 14.3. The Balaban J connectivity index is 2.18. The number of benzene rings is 2. The van der Waals surface area contributed by atoms with Crippen molar-refractivity contribution in [2.45, 2.75) is 17.9 Å². The van der Waals surface area contributed by atoms with Gasteiger partial charge in [-0.3, -0.25) is 0 Å². The average molecular weight is 294 g/mol. The van der Waals surface area contributed by atoms with Crippen LogP contribution in [0.4, 0.5) is 0 Å². The van der Waals surface area contributed by atoms with Crippen molar-refractivity contribution in [2.24, 2.45) is 5.73 Å². The lowest BCUT2D eigenvalue weighted by Crippen LogP contribution is -2.04. The van der Waals surface area contributed by atoms with Crippen LogP contribution in [0.3, 0.4) is 0 Å². The molecule has 0 saturated heterocycles. The lowest BCUT2D eigenvalue weighted by molar-refractivity contribution is 0.482. The van der Waals surface area contributed by atoms with Crippen LogP contribution in [-0.4, -0.2) is 6.26 Å². The normalized spacial score (nSPS) is 12.2. The van der Waals surface area contributed by atoms with Gasteiger partial charge in [-0.1, -0.05) is 17.7 Å². The molecule has 1 atom stereocenters. The van der Waals surface area contributed by atoms with Crippen LogP contribution in [0.15, 0.2) is 47.4 Å². The minimum Gasteiger partial charge on any atom is -0.456 e. The number of hydrogen-bond acceptors (Lipinski definition) is 3. The number of ether oxygens (including phenoxy) is 1. The fourth-order valence-electron chi connectivity index (χ4n) is 1.65. The highest BCUT2D eigenvalue weighted by molar-refractivity contribution is 7.98. The molecule has 0 aliphatic heterocycles. The van der Waals surface area contributed by atoms with Gasteiger partial charge in [0, 0.05) is 10.9 Å². The molecule has 2 rings (SSSR count). The summed E-state index contributed by atoms with van der Waals surface area (Å²) in [5, 5.41) is 0.573. The van der Waals surface area contributed by atoms with Crippen LogP contribution in [0, 0.1) is 0 Å². The molecule has 2 nitrogen and oxygen atoms in total. The molecule has 2 aromatic carbocycles. The number of nitrogens with two attached hydrogens (primary N) is 1. The molecule has 0 spiro atoms. The SMILES string of the molecule is CSc1ccc(Oc2ccc([C@H](C)N)cc2Cl)cc1. The standard InChI is InChI=1S/C15H16ClNOS/c1-10(17)11-3-8-15(14(16)9-11)18-12-4-6-13(19-2)7-5-12/h3-10H,17H2,1-2H3/t10-/m0/s1. The molecule has 0 fully saturated rings. The predicted octanol–water partition coefficient (Wildman–Crippen LogP) is 4.87. The Labute approximate surface area is 122 Å². The van der Waals surface area contributed by atoms with Crippen molar-refractivity contribution in [3.8, 4) is 11.5 Å². The smallest absolute Gasteiger partial charge is 0.146 e. The Morgan fingerprint density at radius 1 is 1.16 bits per heavy atom. The minimum atomic E-state index is -0.0348. The monoisotopic (exact) mass is 293 g/mol. The van der Waals surface area contributed by atoms with E-state index in [0.29, 0.717) is 10.8 Å². The Bertz CT molecular complexity index is 555. The summed E-state index contributed by atoms with van der Waals surface area (Å²) in [5.41, 5.74) is 6.81. The van der Waals surface area contributed by atoms with E-state index in [9.17, 15) is 0 Å². The molecule has 4 heteroatoms. The van der Waals surface area contributed by atoms with Crippen molar-refractivity contribution in [2.75, 3.05) is 6.26 Å². The van der Waals surface area contributed by atoms with Gasteiger partial charge in [0.1, 0.15) is 11.5 Å². The number of rotatable bonds is 4. The lowest BCUT2D eigenvalue weighted by atomic mass is 10.1. The first-order chi connectivity index (χ1) is 9.10. The van der Waals surface area contributed by atoms with Gasteiger partial charge in [-0.25, -0.2) is 0 Å². The van der Waals surface area contributed by atoms with Gasteiger partial charge in [-0.2, -0.15) is 0 Å². The molecule has 0 radical (unpaired) electrons. The molecule has 2 N–H and O–H groups in total. The largest absolute Gasteiger partial charge is 0.456 e. The van der Waals surface area contributed by atoms with Gasteiger partial charge in [0.15, 0.2) is 0 Å². The molecular weight excluding hydrogens is 278 g/mol. The first-order valence-corrected chi connectivity index (χ1v) is 7.57. The molecule has 2 aromatic rings. The quantitative estimate of drug-likeness (QED) is 0.817. The average Bonchev–Trinajstić information content (AvgIpc) is 2.41. The van der Waals surface area contributed by atoms with E-state index in [-0.39, 0.29) is 6.04 Å². The Morgan fingerprint density at radius 2 is 1.84 bits per heavy atom. The molecule has 0 heterocycles. The van der Waals surface area contributed by atoms with E-state index in [2.05, 4.69) is 0 Å². The summed E-state index contributed by atoms with van der Waals surface area (Å²) in [6, 6.07) is 13.5. The second-order valence-corrected chi connectivity index (χ2v) is 5.54. The maximum atomic E-state index is 6.20. The third-order valence-electron chi connectivity index (χ3n) is 2.77. The molecule has 19 heavy (non-hydrogen) atoms. The van der Waals surface area contributed by atoms with Crippen molar-refractivity contribution in [3.05, 3.63) is 53.1 Å². The zero-order valence-electron chi connectivity index (χ0n) is 10.9. The van der Waals surface area contributed by atoms with Gasteiger partial charge in [0.2, 0.25) is 0 Å². The molecule has 0 aliphatic rings. The van der Waals surface area contributed by atoms with Crippen LogP contribution in [0.2, 0.25) is 5.02 Å². The van der Waals surface area contributed by atoms with Crippen molar-refractivity contribution in [1.29, 1.82) is 0 Å². The Hall–Kier alpha value is -1.16. The van der Waals surface area contributed by atoms with Gasteiger partial charge in [0.25, 0.3) is 0 Å². The fourth-order valence-corrected chi connectivity index (χ4v) is 2.29. The zero-order valence-corrected chi connectivity index (χ0v) is 12.5. The molecule has 0 saturated carbocycles. The van der Waals surface area contributed by atoms with Crippen molar-refractivity contribution < 1.29 is 4.74 Å². The number of thioether (sulfide) groups is 1. The Kier molecular flexibility index (Phi) is 4.75. The van der Waals surface area contributed by atoms with Crippen LogP contribution in [0.25, 0.3) is 0 Å². The summed E-state index contributed by atoms with van der Waals surface area (Å²) in [5.74, 6) is 1.41. The Morgan fingerprint density at radius 3 is 2.37 bits per heavy atom. The molecular formula is C15H16ClNOS. The highest BCUT2D eigenvalue weighted by Gasteiger charge is 2.07. The van der Waals surface area contributed by atoms with Crippen LogP contribution in [0.5, 0.6) is 11.5 Å². The number of halogens is 1. The van der Waals surface area contributed by atoms with Crippen molar-refractivity contribution >= 4 is 23.4 Å². The van der Waals surface area contributed by atoms with E-state index in [0.717, 1.165) is 11.3 Å². The highest BCUT2D eigenvalue weighted by Crippen LogP contribution is 2.32. The molecule has 0 bridgehead atoms. The molecule has 0 aliphatic carbocycles. The lowest BCUT2D eigenvalue weighted by Gasteiger charge is -2.11. The van der Waals surface area contributed by atoms with Crippen molar-refractivity contribution in [3.63, 3.8) is 0 Å². The maximum Gasteiger partial charge on any atom is 0.146 e. The second-order valence-electron chi connectivity index (χ2n) is 4.26. The second kappa shape index (κ2) is 6.33. The van der Waals surface area contributed by atoms with Crippen LogP contribution < -0.4 is 10.5 Å². The summed E-state index contributed by atoms with van der Waals surface area (Å²) in [7, 11) is 0. The predicted molar refractivity (Wildman–Crippen MR) is 82.4 cm³/mol. The zero-order chi connectivity index (χ0) is 13.8. The van der Waals surface area contributed by atoms with E-state index in [1.807, 2.05) is 55.6 Å². The summed E-state index contributed by atoms with van der Waals surface area (Å²) in [4.78, 5) is 1.20.